The Bertz CT molecular complexity index is 2030. The van der Waals surface area contributed by atoms with Crippen molar-refractivity contribution in [2.24, 2.45) is 0 Å². The normalized spacial score (nSPS) is 11.3. The molecule has 190 valence electrons. The predicted molar refractivity (Wildman–Crippen MR) is 133 cm³/mol. The molecule has 11 heteroatoms. The molecule has 0 unspecified atom stereocenters. The van der Waals surface area contributed by atoms with Gasteiger partial charge in [0.15, 0.2) is 23.1 Å². The molecule has 5 aromatic rings. The van der Waals surface area contributed by atoms with Crippen molar-refractivity contribution in [2.45, 2.75) is 13.8 Å². The largest absolute Gasteiger partial charge is 0.508 e. The van der Waals surface area contributed by atoms with Gasteiger partial charge in [0.1, 0.15) is 34.3 Å². The lowest BCUT2D eigenvalue weighted by Crippen LogP contribution is -2.15. The number of rotatable bonds is 4. The van der Waals surface area contributed by atoms with Crippen LogP contribution in [0.25, 0.3) is 44.0 Å². The third-order valence-corrected chi connectivity index (χ3v) is 6.18. The molecule has 0 aliphatic rings. The minimum Gasteiger partial charge on any atom is -0.508 e. The molecule has 38 heavy (non-hydrogen) atoms. The van der Waals surface area contributed by atoms with Crippen molar-refractivity contribution >= 4 is 50.4 Å². The van der Waals surface area contributed by atoms with E-state index in [1.54, 1.807) is 0 Å². The van der Waals surface area contributed by atoms with E-state index in [1.165, 1.54) is 12.1 Å². The van der Waals surface area contributed by atoms with E-state index in [4.69, 9.17) is 8.83 Å². The molecule has 0 aliphatic carbocycles. The number of carboxylic acid groups (broad SMARTS) is 1. The third kappa shape index (κ3) is 3.40. The first-order chi connectivity index (χ1) is 17.9. The van der Waals surface area contributed by atoms with Gasteiger partial charge in [0.2, 0.25) is 10.9 Å². The van der Waals surface area contributed by atoms with Crippen LogP contribution in [0, 0.1) is 0 Å². The van der Waals surface area contributed by atoms with Gasteiger partial charge in [-0.1, -0.05) is 0 Å². The lowest BCUT2D eigenvalue weighted by Gasteiger charge is -2.15. The van der Waals surface area contributed by atoms with Gasteiger partial charge in [-0.15, -0.1) is 0 Å². The molecule has 2 aromatic heterocycles. The first-order valence-electron chi connectivity index (χ1n) is 10.9. The topological polar surface area (TPSA) is 193 Å². The van der Waals surface area contributed by atoms with Crippen LogP contribution in [0.1, 0.15) is 44.9 Å². The molecule has 3 aromatic carbocycles. The number of hydrogen-bond acceptors (Lipinski definition) is 10. The van der Waals surface area contributed by atoms with Crippen LogP contribution in [-0.2, 0) is 0 Å². The number of phenols is 3. The summed E-state index contributed by atoms with van der Waals surface area (Å²) in [7, 11) is 0. The summed E-state index contributed by atoms with van der Waals surface area (Å²) >= 11 is 0. The van der Waals surface area contributed by atoms with E-state index in [0.29, 0.717) is 0 Å². The summed E-state index contributed by atoms with van der Waals surface area (Å²) in [6, 6.07) is 5.70. The Morgan fingerprint density at radius 3 is 2.16 bits per heavy atom. The fourth-order valence-corrected chi connectivity index (χ4v) is 4.52. The Balaban J connectivity index is 2.05. The monoisotopic (exact) mass is 516 g/mol. The van der Waals surface area contributed by atoms with Crippen LogP contribution in [-0.4, -0.2) is 38.0 Å². The highest BCUT2D eigenvalue weighted by atomic mass is 16.4. The van der Waals surface area contributed by atoms with Crippen LogP contribution in [0.3, 0.4) is 0 Å². The number of carbonyl (C=O) groups excluding carboxylic acids is 2. The molecule has 0 atom stereocenters. The van der Waals surface area contributed by atoms with Gasteiger partial charge in [-0.25, -0.2) is 4.79 Å². The van der Waals surface area contributed by atoms with Crippen LogP contribution >= 0.6 is 0 Å². The number of carboxylic acids is 1. The molecular weight excluding hydrogens is 500 g/mol. The van der Waals surface area contributed by atoms with Crippen molar-refractivity contribution in [1.82, 2.24) is 0 Å². The number of hydrogen-bond donors (Lipinski definition) is 4. The summed E-state index contributed by atoms with van der Waals surface area (Å²) in [5.74, 6) is -5.28. The molecule has 5 rings (SSSR count). The number of fused-ring (bicyclic) bond motifs is 3. The Kier molecular flexibility index (Phi) is 5.30. The smallest absolute Gasteiger partial charge is 0.340 e. The molecule has 11 nitrogen and oxygen atoms in total. The standard InChI is InChI=1S/C27H16O11/c1-9(28)12-6-14-24(33)21-18(7-16(31)25(34)22(21)27(35)36)38-26(14)19(10(2)29)20(12)15-8-37-17-4-3-11(30)5-13(17)23(15)32/h3-8,30-31,34H,1-2H3,(H,35,36). The minimum atomic E-state index is -1.73. The van der Waals surface area contributed by atoms with Gasteiger partial charge in [-0.3, -0.25) is 19.2 Å². The van der Waals surface area contributed by atoms with E-state index in [9.17, 15) is 44.4 Å². The van der Waals surface area contributed by atoms with Crippen LogP contribution in [0.15, 0.2) is 55.0 Å². The van der Waals surface area contributed by atoms with Crippen LogP contribution in [0.5, 0.6) is 17.2 Å². The summed E-state index contributed by atoms with van der Waals surface area (Å²) in [5.41, 5.74) is -4.34. The lowest BCUT2D eigenvalue weighted by molar-refractivity contribution is 0.0694. The molecular formula is C27H16O11. The van der Waals surface area contributed by atoms with E-state index in [2.05, 4.69) is 0 Å². The first kappa shape index (κ1) is 24.3. The zero-order valence-electron chi connectivity index (χ0n) is 19.6. The van der Waals surface area contributed by atoms with Gasteiger partial charge in [0, 0.05) is 17.2 Å². The van der Waals surface area contributed by atoms with Crippen molar-refractivity contribution in [3.05, 3.63) is 73.7 Å². The van der Waals surface area contributed by atoms with Crippen molar-refractivity contribution in [2.75, 3.05) is 0 Å². The summed E-state index contributed by atoms with van der Waals surface area (Å²) in [6.07, 6.45) is 1.04. The summed E-state index contributed by atoms with van der Waals surface area (Å²) in [5, 5.41) is 38.6. The molecule has 0 bridgehead atoms. The quantitative estimate of drug-likeness (QED) is 0.154. The Morgan fingerprint density at radius 2 is 1.53 bits per heavy atom. The highest BCUT2D eigenvalue weighted by molar-refractivity contribution is 6.18. The second-order valence-electron chi connectivity index (χ2n) is 8.55. The van der Waals surface area contributed by atoms with Gasteiger partial charge < -0.3 is 29.3 Å². The lowest BCUT2D eigenvalue weighted by atomic mass is 9.88. The van der Waals surface area contributed by atoms with E-state index in [1.807, 2.05) is 0 Å². The minimum absolute atomic E-state index is 0.0435. The zero-order chi connectivity index (χ0) is 27.6. The van der Waals surface area contributed by atoms with Gasteiger partial charge in [-0.05, 0) is 38.1 Å². The molecule has 0 aliphatic heterocycles. The maximum Gasteiger partial charge on any atom is 0.340 e. The number of ketones is 2. The third-order valence-electron chi connectivity index (χ3n) is 6.18. The van der Waals surface area contributed by atoms with E-state index >= 15 is 0 Å². The maximum atomic E-state index is 13.5. The number of Topliss-reactive ketones (excluding diaryl/α,β-unsaturated/α-hetero) is 2. The molecule has 0 saturated heterocycles. The molecule has 4 N–H and O–H groups in total. The van der Waals surface area contributed by atoms with Crippen LogP contribution < -0.4 is 10.9 Å². The van der Waals surface area contributed by atoms with Crippen LogP contribution in [0.4, 0.5) is 0 Å². The maximum absolute atomic E-state index is 13.5. The summed E-state index contributed by atoms with van der Waals surface area (Å²) in [6.45, 7) is 2.25. The molecule has 0 saturated carbocycles. The van der Waals surface area contributed by atoms with Crippen molar-refractivity contribution in [3.63, 3.8) is 0 Å². The second kappa shape index (κ2) is 8.30. The average molecular weight is 516 g/mol. The van der Waals surface area contributed by atoms with Gasteiger partial charge in [0.05, 0.1) is 27.3 Å². The summed E-state index contributed by atoms with van der Waals surface area (Å²) < 4.78 is 11.3. The zero-order valence-corrected chi connectivity index (χ0v) is 19.6. The van der Waals surface area contributed by atoms with Crippen LogP contribution in [0.2, 0.25) is 0 Å². The molecule has 2 heterocycles. The number of phenolic OH excluding ortho intramolecular Hbond substituents is 2. The highest BCUT2D eigenvalue weighted by Crippen LogP contribution is 2.39. The molecule has 0 amide bonds. The highest BCUT2D eigenvalue weighted by Gasteiger charge is 2.29. The van der Waals surface area contributed by atoms with E-state index < -0.39 is 56.4 Å². The van der Waals surface area contributed by atoms with Crippen molar-refractivity contribution < 1.29 is 43.6 Å². The average Bonchev–Trinajstić information content (AvgIpc) is 2.84. The Morgan fingerprint density at radius 1 is 0.816 bits per heavy atom. The number of aromatic hydroxyl groups is 3. The molecule has 0 fully saturated rings. The predicted octanol–water partition coefficient (Wildman–Crippen LogP) is 3.94. The first-order valence-corrected chi connectivity index (χ1v) is 10.9. The fraction of sp³-hybridized carbons (Fsp3) is 0.0741. The molecule has 0 radical (unpaired) electrons. The fourth-order valence-electron chi connectivity index (χ4n) is 4.52. The summed E-state index contributed by atoms with van der Waals surface area (Å²) in [4.78, 5) is 64.5. The van der Waals surface area contributed by atoms with E-state index in [-0.39, 0.29) is 49.9 Å². The SMILES string of the molecule is CC(=O)c1cc2c(=O)c3c(C(=O)O)c(O)c(O)cc3oc2c(C(C)=O)c1-c1coc2ccc(O)cc2c1=O. The van der Waals surface area contributed by atoms with Gasteiger partial charge in [-0.2, -0.15) is 0 Å². The van der Waals surface area contributed by atoms with E-state index in [0.717, 1.165) is 38.3 Å². The Hall–Kier alpha value is -5.45. The number of aromatic carboxylic acids is 1. The van der Waals surface area contributed by atoms with Gasteiger partial charge in [0.25, 0.3) is 0 Å². The molecule has 0 spiro atoms. The number of benzene rings is 3. The number of carbonyl (C=O) groups is 3. The van der Waals surface area contributed by atoms with Crippen molar-refractivity contribution in [3.8, 4) is 28.4 Å². The Labute approximate surface area is 210 Å². The second-order valence-corrected chi connectivity index (χ2v) is 8.55. The van der Waals surface area contributed by atoms with Crippen molar-refractivity contribution in [1.29, 1.82) is 0 Å². The van der Waals surface area contributed by atoms with Gasteiger partial charge >= 0.3 is 5.97 Å².